The maximum Gasteiger partial charge on any atom is 0.375 e. The molecule has 0 amide bonds. The maximum atomic E-state index is 12.4. The van der Waals surface area contributed by atoms with E-state index in [0.29, 0.717) is 5.57 Å². The highest BCUT2D eigenvalue weighted by Gasteiger charge is 2.43. The van der Waals surface area contributed by atoms with E-state index in [9.17, 15) is 14.9 Å². The predicted molar refractivity (Wildman–Crippen MR) is 94.5 cm³/mol. The summed E-state index contributed by atoms with van der Waals surface area (Å²) in [6, 6.07) is 10.3. The maximum absolute atomic E-state index is 12.4. The minimum Gasteiger partial charge on any atom is -0.449 e. The molecule has 2 aromatic rings. The van der Waals surface area contributed by atoms with Gasteiger partial charge >= 0.3 is 5.97 Å². The van der Waals surface area contributed by atoms with Crippen molar-refractivity contribution in [1.82, 2.24) is 4.98 Å². The minimum atomic E-state index is -0.864. The molecule has 0 atom stereocenters. The van der Waals surface area contributed by atoms with E-state index in [2.05, 4.69) is 4.98 Å². The molecular weight excluding hydrogens is 336 g/mol. The van der Waals surface area contributed by atoms with Crippen LogP contribution in [0.1, 0.15) is 30.7 Å². The number of hydrogen-bond donors (Lipinski definition) is 0. The minimum absolute atomic E-state index is 0.0413. The summed E-state index contributed by atoms with van der Waals surface area (Å²) >= 11 is 0. The summed E-state index contributed by atoms with van der Waals surface area (Å²) in [5.74, 6) is -0.453. The summed E-state index contributed by atoms with van der Waals surface area (Å²) in [5.41, 5.74) is 1.74. The average Bonchev–Trinajstić information content (AvgIpc) is 2.77. The summed E-state index contributed by atoms with van der Waals surface area (Å²) in [4.78, 5) is 26.8. The van der Waals surface area contributed by atoms with Crippen molar-refractivity contribution in [2.24, 2.45) is 0 Å². The first-order valence-electron chi connectivity index (χ1n) is 8.04. The topological polar surface area (TPSA) is 91.6 Å². The fraction of sp³-hybridized carbons (Fsp3) is 0.263. The van der Waals surface area contributed by atoms with Gasteiger partial charge in [-0.15, -0.1) is 0 Å². The molecule has 1 aliphatic heterocycles. The standard InChI is InChI=1S/C19H18N2O5/c1-11-5-7-13(8-6-11)16-17(18(22)26-19(16,3)4)25-15-10-9-14(21(23)24)12(2)20-15/h5-10H,1-4H3. The molecule has 0 saturated heterocycles. The zero-order valence-corrected chi connectivity index (χ0v) is 14.9. The van der Waals surface area contributed by atoms with Gasteiger partial charge in [0, 0.05) is 12.1 Å². The van der Waals surface area contributed by atoms with Crippen LogP contribution in [0.5, 0.6) is 5.88 Å². The van der Waals surface area contributed by atoms with Gasteiger partial charge in [0.15, 0.2) is 0 Å². The predicted octanol–water partition coefficient (Wildman–Crippen LogP) is 3.73. The van der Waals surface area contributed by atoms with Crippen molar-refractivity contribution < 1.29 is 19.2 Å². The number of pyridine rings is 1. The Kier molecular flexibility index (Phi) is 4.23. The molecule has 2 heterocycles. The SMILES string of the molecule is Cc1ccc(C2=C(Oc3ccc([N+](=O)[O-])c(C)n3)C(=O)OC2(C)C)cc1. The lowest BCUT2D eigenvalue weighted by molar-refractivity contribution is -0.385. The van der Waals surface area contributed by atoms with Crippen LogP contribution in [0.2, 0.25) is 0 Å². The molecule has 0 N–H and O–H groups in total. The van der Waals surface area contributed by atoms with Crippen molar-refractivity contribution in [3.05, 3.63) is 69.1 Å². The van der Waals surface area contributed by atoms with E-state index in [4.69, 9.17) is 9.47 Å². The van der Waals surface area contributed by atoms with Gasteiger partial charge in [-0.3, -0.25) is 10.1 Å². The number of hydrogen-bond acceptors (Lipinski definition) is 6. The first kappa shape index (κ1) is 17.6. The second kappa shape index (κ2) is 6.25. The second-order valence-electron chi connectivity index (χ2n) is 6.58. The highest BCUT2D eigenvalue weighted by Crippen LogP contribution is 2.40. The van der Waals surface area contributed by atoms with Crippen LogP contribution >= 0.6 is 0 Å². The molecule has 0 unspecified atom stereocenters. The van der Waals surface area contributed by atoms with Crippen LogP contribution in [0.15, 0.2) is 42.2 Å². The van der Waals surface area contributed by atoms with Crippen molar-refractivity contribution >= 4 is 17.2 Å². The molecule has 1 aromatic carbocycles. The van der Waals surface area contributed by atoms with Gasteiger partial charge in [0.25, 0.3) is 5.69 Å². The summed E-state index contributed by atoms with van der Waals surface area (Å²) in [7, 11) is 0. The molecule has 3 rings (SSSR count). The van der Waals surface area contributed by atoms with Crippen LogP contribution in [0.4, 0.5) is 5.69 Å². The number of carbonyl (C=O) groups excluding carboxylic acids is 1. The molecule has 1 aromatic heterocycles. The van der Waals surface area contributed by atoms with Crippen molar-refractivity contribution in [3.63, 3.8) is 0 Å². The van der Waals surface area contributed by atoms with Crippen LogP contribution in [-0.2, 0) is 9.53 Å². The van der Waals surface area contributed by atoms with Crippen molar-refractivity contribution in [2.45, 2.75) is 33.3 Å². The van der Waals surface area contributed by atoms with E-state index >= 15 is 0 Å². The fourth-order valence-electron chi connectivity index (χ4n) is 2.88. The molecule has 0 saturated carbocycles. The van der Waals surface area contributed by atoms with Gasteiger partial charge in [-0.2, -0.15) is 0 Å². The Hall–Kier alpha value is -3.22. The number of carbonyl (C=O) groups is 1. The zero-order chi connectivity index (χ0) is 19.1. The largest absolute Gasteiger partial charge is 0.449 e. The molecule has 26 heavy (non-hydrogen) atoms. The summed E-state index contributed by atoms with van der Waals surface area (Å²) in [6.45, 7) is 7.05. The first-order chi connectivity index (χ1) is 12.2. The molecule has 134 valence electrons. The van der Waals surface area contributed by atoms with Gasteiger partial charge in [-0.25, -0.2) is 9.78 Å². The lowest BCUT2D eigenvalue weighted by Crippen LogP contribution is -2.22. The Morgan fingerprint density at radius 2 is 1.77 bits per heavy atom. The van der Waals surface area contributed by atoms with Crippen molar-refractivity contribution in [3.8, 4) is 5.88 Å². The normalized spacial score (nSPS) is 15.8. The molecule has 1 aliphatic rings. The summed E-state index contributed by atoms with van der Waals surface area (Å²) in [6.07, 6.45) is 0. The Morgan fingerprint density at radius 1 is 1.12 bits per heavy atom. The van der Waals surface area contributed by atoms with E-state index < -0.39 is 16.5 Å². The Bertz CT molecular complexity index is 929. The van der Waals surface area contributed by atoms with E-state index in [0.717, 1.165) is 11.1 Å². The molecule has 7 nitrogen and oxygen atoms in total. The monoisotopic (exact) mass is 354 g/mol. The number of aromatic nitrogens is 1. The molecule has 0 aliphatic carbocycles. The van der Waals surface area contributed by atoms with Crippen molar-refractivity contribution in [2.75, 3.05) is 0 Å². The van der Waals surface area contributed by atoms with Gasteiger partial charge in [-0.1, -0.05) is 29.8 Å². The van der Waals surface area contributed by atoms with Crippen LogP contribution < -0.4 is 4.74 Å². The summed E-state index contributed by atoms with van der Waals surface area (Å²) < 4.78 is 11.2. The Morgan fingerprint density at radius 3 is 2.35 bits per heavy atom. The van der Waals surface area contributed by atoms with Gasteiger partial charge < -0.3 is 9.47 Å². The van der Waals surface area contributed by atoms with E-state index in [1.807, 2.05) is 31.2 Å². The highest BCUT2D eigenvalue weighted by molar-refractivity contribution is 6.02. The Labute approximate surface area is 150 Å². The second-order valence-corrected chi connectivity index (χ2v) is 6.58. The van der Waals surface area contributed by atoms with E-state index in [1.54, 1.807) is 13.8 Å². The number of aryl methyl sites for hydroxylation is 2. The molecule has 7 heteroatoms. The smallest absolute Gasteiger partial charge is 0.375 e. The van der Waals surface area contributed by atoms with Gasteiger partial charge in [0.1, 0.15) is 11.3 Å². The number of ether oxygens (including phenoxy) is 2. The quantitative estimate of drug-likeness (QED) is 0.472. The molecule has 0 fully saturated rings. The van der Waals surface area contributed by atoms with Gasteiger partial charge in [0.05, 0.1) is 10.5 Å². The Balaban J connectivity index is 2.06. The van der Waals surface area contributed by atoms with Crippen molar-refractivity contribution in [1.29, 1.82) is 0 Å². The highest BCUT2D eigenvalue weighted by atomic mass is 16.6. The van der Waals surface area contributed by atoms with Gasteiger partial charge in [0.2, 0.25) is 11.6 Å². The first-order valence-corrected chi connectivity index (χ1v) is 8.04. The third-order valence-corrected chi connectivity index (χ3v) is 4.14. The number of cyclic esters (lactones) is 1. The third kappa shape index (κ3) is 3.15. The number of nitrogens with zero attached hydrogens (tertiary/aromatic N) is 2. The van der Waals surface area contributed by atoms with Crippen LogP contribution in [0.3, 0.4) is 0 Å². The molecule has 0 radical (unpaired) electrons. The van der Waals surface area contributed by atoms with Crippen LogP contribution in [-0.4, -0.2) is 21.5 Å². The third-order valence-electron chi connectivity index (χ3n) is 4.14. The number of benzene rings is 1. The zero-order valence-electron chi connectivity index (χ0n) is 14.9. The van der Waals surface area contributed by atoms with Gasteiger partial charge in [-0.05, 0) is 33.3 Å². The number of rotatable bonds is 4. The molecular formula is C19H18N2O5. The van der Waals surface area contributed by atoms with Crippen LogP contribution in [0, 0.1) is 24.0 Å². The van der Waals surface area contributed by atoms with Crippen LogP contribution in [0.25, 0.3) is 5.57 Å². The lowest BCUT2D eigenvalue weighted by Gasteiger charge is -2.21. The summed E-state index contributed by atoms with van der Waals surface area (Å²) in [5, 5.41) is 10.9. The molecule has 0 bridgehead atoms. The van der Waals surface area contributed by atoms with E-state index in [-0.39, 0.29) is 23.0 Å². The average molecular weight is 354 g/mol. The lowest BCUT2D eigenvalue weighted by atomic mass is 9.91. The number of nitro groups is 1. The molecule has 0 spiro atoms. The fourth-order valence-corrected chi connectivity index (χ4v) is 2.88. The van der Waals surface area contributed by atoms with E-state index in [1.165, 1.54) is 19.1 Å². The number of esters is 1.